The Bertz CT molecular complexity index is 1410. The number of esters is 3. The second-order valence-electron chi connectivity index (χ2n) is 20.0. The van der Waals surface area contributed by atoms with Crippen molar-refractivity contribution >= 4 is 29.7 Å². The average Bonchev–Trinajstić information content (AvgIpc) is 3.34. The minimum Gasteiger partial charge on any atom is -0.465 e. The number of carbonyl (C=O) groups is 5. The highest BCUT2D eigenvalue weighted by atomic mass is 16.5. The third kappa shape index (κ3) is 38.7. The number of carbonyl (C=O) groups excluding carboxylic acids is 5. The Labute approximate surface area is 435 Å². The molecule has 0 aliphatic rings. The Hall–Kier alpha value is -3.57. The molecule has 0 aromatic heterocycles. The minimum absolute atomic E-state index is 0.0712. The van der Waals surface area contributed by atoms with E-state index in [0.717, 1.165) is 103 Å². The maximum atomic E-state index is 14.8. The molecule has 0 bridgehead atoms. The molecule has 11 heteroatoms. The van der Waals surface area contributed by atoms with Crippen LogP contribution in [0.3, 0.4) is 0 Å². The van der Waals surface area contributed by atoms with Crippen molar-refractivity contribution in [1.29, 1.82) is 0 Å². The standard InChI is InChI=1S/C60H107N3O8/c1-8-13-18-22-26-30-36-52-69-56(65)45-38-47-60(59(68)61-49-17-12-5,48-39-46-57(66)70-53-37-31-27-23-19-14-9-2)63(51-40-50-62(6)7)55(64)43-34-35-44-58(67)71-54(41-32-28-24-20-15-10-3)42-33-29-25-21-16-11-4/h54H,8-25,28-29,32-53H2,1-7H3,(H,61,68). The Balaban J connectivity index is 6.30. The highest BCUT2D eigenvalue weighted by molar-refractivity contribution is 5.91. The molecular formula is C60H107N3O8. The predicted molar refractivity (Wildman–Crippen MR) is 293 cm³/mol. The maximum Gasteiger partial charge on any atom is 0.306 e. The van der Waals surface area contributed by atoms with Crippen LogP contribution in [0.1, 0.15) is 272 Å². The van der Waals surface area contributed by atoms with E-state index in [1.54, 1.807) is 4.90 Å². The van der Waals surface area contributed by atoms with Gasteiger partial charge < -0.3 is 29.3 Å². The number of hydrogen-bond donors (Lipinski definition) is 1. The zero-order chi connectivity index (χ0) is 52.5. The Morgan fingerprint density at radius 1 is 0.465 bits per heavy atom. The molecule has 0 spiro atoms. The molecule has 11 nitrogen and oxygen atoms in total. The summed E-state index contributed by atoms with van der Waals surface area (Å²) in [6.07, 6.45) is 30.2. The van der Waals surface area contributed by atoms with Gasteiger partial charge in [-0.05, 0) is 111 Å². The molecule has 0 aliphatic heterocycles. The molecule has 0 aromatic carbocycles. The molecule has 2 amide bonds. The van der Waals surface area contributed by atoms with E-state index in [1.165, 1.54) is 51.4 Å². The zero-order valence-electron chi connectivity index (χ0n) is 46.9. The van der Waals surface area contributed by atoms with E-state index in [9.17, 15) is 24.0 Å². The largest absolute Gasteiger partial charge is 0.465 e. The van der Waals surface area contributed by atoms with Gasteiger partial charge >= 0.3 is 17.9 Å². The van der Waals surface area contributed by atoms with Crippen molar-refractivity contribution in [3.63, 3.8) is 0 Å². The summed E-state index contributed by atoms with van der Waals surface area (Å²) in [5.41, 5.74) is -1.33. The third-order valence-corrected chi connectivity index (χ3v) is 13.1. The fourth-order valence-corrected chi connectivity index (χ4v) is 8.81. The Morgan fingerprint density at radius 3 is 1.39 bits per heavy atom. The van der Waals surface area contributed by atoms with Crippen molar-refractivity contribution in [2.24, 2.45) is 0 Å². The molecule has 0 heterocycles. The van der Waals surface area contributed by atoms with Crippen LogP contribution in [-0.2, 0) is 38.2 Å². The average molecular weight is 999 g/mol. The van der Waals surface area contributed by atoms with Crippen molar-refractivity contribution in [1.82, 2.24) is 15.1 Å². The number of rotatable bonds is 47. The van der Waals surface area contributed by atoms with E-state index in [4.69, 9.17) is 14.2 Å². The summed E-state index contributed by atoms with van der Waals surface area (Å²) in [5.74, 6) is 11.1. The molecule has 71 heavy (non-hydrogen) atoms. The summed E-state index contributed by atoms with van der Waals surface area (Å²) in [4.78, 5) is 72.8. The molecular weight excluding hydrogens is 891 g/mol. The quantitative estimate of drug-likeness (QED) is 0.0274. The third-order valence-electron chi connectivity index (χ3n) is 13.1. The maximum absolute atomic E-state index is 14.8. The van der Waals surface area contributed by atoms with Crippen LogP contribution < -0.4 is 5.32 Å². The molecule has 410 valence electrons. The number of amides is 2. The fraction of sp³-hybridized carbons (Fsp3) is 0.850. The SMILES string of the molecule is CCCCCC#CCCOC(=O)CCCC(CCCC(=O)OCCC#CCCCCC)(C(=O)NCCCC)N(CCCN(C)C)C(=O)CCCCC(=O)OC(CCCCCCCC)CCCCCCCC. The van der Waals surface area contributed by atoms with Crippen molar-refractivity contribution in [3.8, 4) is 23.7 Å². The summed E-state index contributed by atoms with van der Waals surface area (Å²) < 4.78 is 17.2. The lowest BCUT2D eigenvalue weighted by molar-refractivity contribution is -0.152. The van der Waals surface area contributed by atoms with Gasteiger partial charge in [0.25, 0.3) is 0 Å². The topological polar surface area (TPSA) is 132 Å². The van der Waals surface area contributed by atoms with Crippen LogP contribution >= 0.6 is 0 Å². The lowest BCUT2D eigenvalue weighted by Gasteiger charge is -2.43. The number of nitrogens with zero attached hydrogens (tertiary/aromatic N) is 2. The number of nitrogens with one attached hydrogen (secondary N) is 1. The van der Waals surface area contributed by atoms with Crippen LogP contribution in [0.25, 0.3) is 0 Å². The summed E-state index contributed by atoms with van der Waals surface area (Å²) in [5, 5.41) is 3.16. The highest BCUT2D eigenvalue weighted by Crippen LogP contribution is 2.32. The molecule has 0 saturated carbocycles. The van der Waals surface area contributed by atoms with Gasteiger partial charge in [-0.1, -0.05) is 143 Å². The van der Waals surface area contributed by atoms with Gasteiger partial charge in [0.05, 0.1) is 0 Å². The van der Waals surface area contributed by atoms with Gasteiger partial charge in [0, 0.05) is 64.5 Å². The summed E-state index contributed by atoms with van der Waals surface area (Å²) in [6, 6.07) is 0. The Morgan fingerprint density at radius 2 is 0.901 bits per heavy atom. The molecule has 0 unspecified atom stereocenters. The van der Waals surface area contributed by atoms with Gasteiger partial charge in [-0.15, -0.1) is 11.8 Å². The lowest BCUT2D eigenvalue weighted by atomic mass is 9.83. The van der Waals surface area contributed by atoms with Crippen molar-refractivity contribution in [2.45, 2.75) is 284 Å². The highest BCUT2D eigenvalue weighted by Gasteiger charge is 2.45. The van der Waals surface area contributed by atoms with Gasteiger partial charge in [-0.25, -0.2) is 0 Å². The molecule has 1 N–H and O–H groups in total. The summed E-state index contributed by atoms with van der Waals surface area (Å²) in [7, 11) is 3.96. The van der Waals surface area contributed by atoms with Gasteiger partial charge in [0.2, 0.25) is 11.8 Å². The molecule has 0 radical (unpaired) electrons. The first kappa shape index (κ1) is 67.4. The van der Waals surface area contributed by atoms with Crippen LogP contribution in [0.5, 0.6) is 0 Å². The Kier molecular flexibility index (Phi) is 46.2. The number of ether oxygens (including phenoxy) is 3. The zero-order valence-corrected chi connectivity index (χ0v) is 46.9. The van der Waals surface area contributed by atoms with E-state index in [-0.39, 0.29) is 87.6 Å². The molecule has 0 atom stereocenters. The second kappa shape index (κ2) is 48.7. The lowest BCUT2D eigenvalue weighted by Crippen LogP contribution is -2.61. The van der Waals surface area contributed by atoms with Crippen molar-refractivity contribution in [2.75, 3.05) is 46.9 Å². The van der Waals surface area contributed by atoms with Gasteiger partial charge in [-0.2, -0.15) is 0 Å². The first-order valence-corrected chi connectivity index (χ1v) is 29.2. The van der Waals surface area contributed by atoms with E-state index >= 15 is 0 Å². The summed E-state index contributed by atoms with van der Waals surface area (Å²) in [6.45, 7) is 12.7. The van der Waals surface area contributed by atoms with E-state index in [2.05, 4.69) is 68.5 Å². The van der Waals surface area contributed by atoms with Crippen LogP contribution in [-0.4, -0.2) is 98.1 Å². The monoisotopic (exact) mass is 998 g/mol. The van der Waals surface area contributed by atoms with Crippen LogP contribution in [0.2, 0.25) is 0 Å². The number of unbranched alkanes of at least 4 members (excludes halogenated alkanes) is 18. The van der Waals surface area contributed by atoms with Crippen molar-refractivity contribution in [3.05, 3.63) is 0 Å². The van der Waals surface area contributed by atoms with Crippen LogP contribution in [0.4, 0.5) is 0 Å². The smallest absolute Gasteiger partial charge is 0.306 e. The summed E-state index contributed by atoms with van der Waals surface area (Å²) >= 11 is 0. The van der Waals surface area contributed by atoms with Crippen LogP contribution in [0.15, 0.2) is 0 Å². The van der Waals surface area contributed by atoms with Crippen molar-refractivity contribution < 1.29 is 38.2 Å². The molecule has 0 fully saturated rings. The van der Waals surface area contributed by atoms with E-state index in [0.29, 0.717) is 64.6 Å². The molecule has 0 rings (SSSR count). The van der Waals surface area contributed by atoms with E-state index < -0.39 is 5.54 Å². The second-order valence-corrected chi connectivity index (χ2v) is 20.0. The molecule has 0 aromatic rings. The van der Waals surface area contributed by atoms with Gasteiger partial charge in [0.15, 0.2) is 0 Å². The first-order valence-electron chi connectivity index (χ1n) is 29.2. The van der Waals surface area contributed by atoms with Gasteiger partial charge in [-0.3, -0.25) is 24.0 Å². The normalized spacial score (nSPS) is 11.2. The first-order chi connectivity index (χ1) is 34.5. The minimum atomic E-state index is -1.33. The molecule has 0 saturated heterocycles. The number of hydrogen-bond acceptors (Lipinski definition) is 9. The fourth-order valence-electron chi connectivity index (χ4n) is 8.81. The van der Waals surface area contributed by atoms with E-state index in [1.807, 2.05) is 14.1 Å². The van der Waals surface area contributed by atoms with Crippen LogP contribution in [0, 0.1) is 23.7 Å². The molecule has 0 aliphatic carbocycles. The predicted octanol–water partition coefficient (Wildman–Crippen LogP) is 13.8. The van der Waals surface area contributed by atoms with Gasteiger partial charge in [0.1, 0.15) is 24.9 Å².